The van der Waals surface area contributed by atoms with Gasteiger partial charge in [0.05, 0.1) is 18.7 Å². The summed E-state index contributed by atoms with van der Waals surface area (Å²) in [6.07, 6.45) is 0.211. The van der Waals surface area contributed by atoms with E-state index >= 15 is 0 Å². The summed E-state index contributed by atoms with van der Waals surface area (Å²) in [5, 5.41) is 1.07. The fraction of sp³-hybridized carbons (Fsp3) is 0.263. The quantitative estimate of drug-likeness (QED) is 0.614. The normalized spacial score (nSPS) is 11.6. The number of benzene rings is 2. The minimum Gasteiger partial charge on any atom is -0.457 e. The number of carbonyl (C=O) groups excluding carboxylic acids is 2. The lowest BCUT2D eigenvalue weighted by molar-refractivity contribution is -0.170. The first-order chi connectivity index (χ1) is 12.0. The molecule has 0 unspecified atom stereocenters. The van der Waals surface area contributed by atoms with Gasteiger partial charge in [0.2, 0.25) is 0 Å². The van der Waals surface area contributed by atoms with Gasteiger partial charge in [-0.2, -0.15) is 0 Å². The average Bonchev–Trinajstić information content (AvgIpc) is 2.66. The molecule has 6 nitrogen and oxygen atoms in total. The third kappa shape index (κ3) is 5.14. The van der Waals surface area contributed by atoms with Crippen molar-refractivity contribution in [3.8, 4) is 0 Å². The Bertz CT molecular complexity index is 718. The highest BCUT2D eigenvalue weighted by molar-refractivity contribution is 5.91. The van der Waals surface area contributed by atoms with Crippen molar-refractivity contribution in [3.63, 3.8) is 0 Å². The number of rotatable bonds is 7. The Morgan fingerprint density at radius 2 is 1.72 bits per heavy atom. The molecule has 1 atom stereocenters. The molecule has 0 heterocycles. The molecule has 0 spiro atoms. The molecule has 0 aromatic heterocycles. The highest BCUT2D eigenvalue weighted by Crippen LogP contribution is 2.14. The number of carbonyl (C=O) groups is 2. The van der Waals surface area contributed by atoms with Crippen LogP contribution in [0.4, 0.5) is 0 Å². The molecular weight excluding hydrogens is 320 g/mol. The molecule has 0 aliphatic rings. The van der Waals surface area contributed by atoms with E-state index in [1.807, 2.05) is 30.3 Å². The second-order valence-electron chi connectivity index (χ2n) is 5.55. The maximum absolute atomic E-state index is 12.4. The first-order valence-electron chi connectivity index (χ1n) is 7.89. The van der Waals surface area contributed by atoms with Crippen LogP contribution < -0.4 is 5.73 Å². The number of hydrogen-bond acceptors (Lipinski definition) is 5. The van der Waals surface area contributed by atoms with Crippen LogP contribution in [-0.2, 0) is 27.4 Å². The van der Waals surface area contributed by atoms with E-state index in [0.717, 1.165) is 10.6 Å². The molecule has 6 heteroatoms. The molecule has 2 aromatic carbocycles. The zero-order valence-corrected chi connectivity index (χ0v) is 14.3. The van der Waals surface area contributed by atoms with Crippen molar-refractivity contribution in [1.82, 2.24) is 5.06 Å². The first-order valence-corrected chi connectivity index (χ1v) is 7.89. The number of nitrogens with zero attached hydrogens (tertiary/aromatic N) is 1. The minimum atomic E-state index is -0.812. The third-order valence-corrected chi connectivity index (χ3v) is 3.79. The topological polar surface area (TPSA) is 81.9 Å². The summed E-state index contributed by atoms with van der Waals surface area (Å²) in [4.78, 5) is 29.3. The smallest absolute Gasteiger partial charge is 0.338 e. The van der Waals surface area contributed by atoms with Gasteiger partial charge in [0.1, 0.15) is 6.61 Å². The van der Waals surface area contributed by atoms with Crippen LogP contribution in [0.15, 0.2) is 54.6 Å². The molecule has 0 aliphatic carbocycles. The van der Waals surface area contributed by atoms with Gasteiger partial charge < -0.3 is 10.5 Å². The number of likely N-dealkylation sites (N-methyl/N-ethyl adjacent to an activating group) is 1. The molecule has 2 N–H and O–H groups in total. The van der Waals surface area contributed by atoms with Gasteiger partial charge in [-0.25, -0.2) is 9.86 Å². The van der Waals surface area contributed by atoms with E-state index < -0.39 is 12.0 Å². The molecule has 0 fully saturated rings. The summed E-state index contributed by atoms with van der Waals surface area (Å²) in [7, 11) is 2.88. The van der Waals surface area contributed by atoms with Gasteiger partial charge in [-0.1, -0.05) is 48.5 Å². The van der Waals surface area contributed by atoms with E-state index in [2.05, 4.69) is 0 Å². The Hall–Kier alpha value is -2.70. The number of nitrogens with two attached hydrogens (primary N) is 1. The minimum absolute atomic E-state index is 0.186. The van der Waals surface area contributed by atoms with Crippen molar-refractivity contribution >= 4 is 11.9 Å². The van der Waals surface area contributed by atoms with E-state index in [9.17, 15) is 9.59 Å². The molecule has 0 aliphatic heterocycles. The van der Waals surface area contributed by atoms with Crippen molar-refractivity contribution in [3.05, 3.63) is 71.3 Å². The lowest BCUT2D eigenvalue weighted by atomic mass is 10.00. The van der Waals surface area contributed by atoms with Crippen molar-refractivity contribution in [2.75, 3.05) is 14.2 Å². The number of ether oxygens (including phenoxy) is 1. The van der Waals surface area contributed by atoms with Crippen LogP contribution in [0.5, 0.6) is 0 Å². The maximum Gasteiger partial charge on any atom is 0.338 e. The molecule has 132 valence electrons. The van der Waals surface area contributed by atoms with Crippen LogP contribution in [0.3, 0.4) is 0 Å². The van der Waals surface area contributed by atoms with Crippen molar-refractivity contribution in [2.24, 2.45) is 5.73 Å². The molecule has 1 amide bonds. The van der Waals surface area contributed by atoms with Crippen LogP contribution >= 0.6 is 0 Å². The Kier molecular flexibility index (Phi) is 6.68. The number of hydrogen-bond donors (Lipinski definition) is 1. The molecule has 2 aromatic rings. The summed E-state index contributed by atoms with van der Waals surface area (Å²) in [6.45, 7) is 0.186. The van der Waals surface area contributed by atoms with E-state index in [1.165, 1.54) is 14.2 Å². The van der Waals surface area contributed by atoms with Gasteiger partial charge in [0.15, 0.2) is 0 Å². The predicted octanol–water partition coefficient (Wildman–Crippen LogP) is 1.93. The molecule has 25 heavy (non-hydrogen) atoms. The van der Waals surface area contributed by atoms with Gasteiger partial charge in [0, 0.05) is 7.05 Å². The average molecular weight is 342 g/mol. The molecule has 0 radical (unpaired) electrons. The molecular formula is C19H22N2O4. The van der Waals surface area contributed by atoms with E-state index in [4.69, 9.17) is 15.3 Å². The van der Waals surface area contributed by atoms with E-state index in [1.54, 1.807) is 24.3 Å². The zero-order valence-electron chi connectivity index (χ0n) is 14.3. The van der Waals surface area contributed by atoms with Gasteiger partial charge in [-0.3, -0.25) is 9.63 Å². The maximum atomic E-state index is 12.4. The first kappa shape index (κ1) is 18.6. The number of esters is 1. The lowest BCUT2D eigenvalue weighted by Crippen LogP contribution is -2.42. The van der Waals surface area contributed by atoms with Gasteiger partial charge in [-0.05, 0) is 23.6 Å². The van der Waals surface area contributed by atoms with Gasteiger partial charge in [0.25, 0.3) is 5.91 Å². The summed E-state index contributed by atoms with van der Waals surface area (Å²) < 4.78 is 5.37. The summed E-state index contributed by atoms with van der Waals surface area (Å²) in [5.74, 6) is -0.811. The fourth-order valence-corrected chi connectivity index (χ4v) is 2.35. The summed E-state index contributed by atoms with van der Waals surface area (Å²) in [5.41, 5.74) is 7.90. The molecule has 0 saturated heterocycles. The van der Waals surface area contributed by atoms with Crippen molar-refractivity contribution in [2.45, 2.75) is 19.1 Å². The van der Waals surface area contributed by atoms with Gasteiger partial charge >= 0.3 is 5.97 Å². The van der Waals surface area contributed by atoms with Crippen molar-refractivity contribution < 1.29 is 19.2 Å². The molecule has 0 saturated carbocycles. The zero-order chi connectivity index (χ0) is 18.2. The fourth-order valence-electron chi connectivity index (χ4n) is 2.35. The predicted molar refractivity (Wildman–Crippen MR) is 93.5 cm³/mol. The molecule has 0 bridgehead atoms. The highest BCUT2D eigenvalue weighted by Gasteiger charge is 2.21. The third-order valence-electron chi connectivity index (χ3n) is 3.79. The van der Waals surface area contributed by atoms with E-state index in [0.29, 0.717) is 11.1 Å². The number of hydroxylamine groups is 2. The molecule has 2 rings (SSSR count). The summed E-state index contributed by atoms with van der Waals surface area (Å²) in [6, 6.07) is 15.6. The monoisotopic (exact) mass is 342 g/mol. The Morgan fingerprint density at radius 3 is 2.40 bits per heavy atom. The van der Waals surface area contributed by atoms with Gasteiger partial charge in [-0.15, -0.1) is 0 Å². The lowest BCUT2D eigenvalue weighted by Gasteiger charge is -2.19. The Balaban J connectivity index is 2.06. The van der Waals surface area contributed by atoms with Crippen LogP contribution in [0, 0.1) is 0 Å². The SMILES string of the molecule is CON(C)C(=O)[C@@H](N)Cc1ccccc1C(=O)OCc1ccccc1. The van der Waals surface area contributed by atoms with Crippen LogP contribution in [0.2, 0.25) is 0 Å². The standard InChI is InChI=1S/C19H22N2O4/c1-21(24-2)18(22)17(20)12-15-10-6-7-11-16(15)19(23)25-13-14-8-4-3-5-9-14/h3-11,17H,12-13,20H2,1-2H3/t17-/m0/s1. The van der Waals surface area contributed by atoms with Crippen LogP contribution in [0.25, 0.3) is 0 Å². The Morgan fingerprint density at radius 1 is 1.08 bits per heavy atom. The largest absolute Gasteiger partial charge is 0.457 e. The van der Waals surface area contributed by atoms with Crippen LogP contribution in [0.1, 0.15) is 21.5 Å². The second-order valence-corrected chi connectivity index (χ2v) is 5.55. The van der Waals surface area contributed by atoms with Crippen molar-refractivity contribution in [1.29, 1.82) is 0 Å². The summed E-state index contributed by atoms with van der Waals surface area (Å²) >= 11 is 0. The van der Waals surface area contributed by atoms with E-state index in [-0.39, 0.29) is 18.9 Å². The highest BCUT2D eigenvalue weighted by atomic mass is 16.7. The number of amides is 1. The second kappa shape index (κ2) is 8.96. The van der Waals surface area contributed by atoms with Crippen LogP contribution in [-0.4, -0.2) is 37.1 Å². The Labute approximate surface area is 147 Å².